The third-order valence-electron chi connectivity index (χ3n) is 5.38. The van der Waals surface area contributed by atoms with E-state index in [1.807, 2.05) is 90.8 Å². The molecule has 0 spiro atoms. The molecule has 0 aliphatic heterocycles. The van der Waals surface area contributed by atoms with Gasteiger partial charge in [0, 0.05) is 35.6 Å². The van der Waals surface area contributed by atoms with Crippen LogP contribution in [0.15, 0.2) is 97.2 Å². The van der Waals surface area contributed by atoms with E-state index in [4.69, 9.17) is 11.6 Å². The van der Waals surface area contributed by atoms with E-state index in [9.17, 15) is 4.79 Å². The van der Waals surface area contributed by atoms with Crippen LogP contribution < -0.4 is 0 Å². The fourth-order valence-electron chi connectivity index (χ4n) is 3.63. The minimum atomic E-state index is 0.0225. The van der Waals surface area contributed by atoms with Gasteiger partial charge in [0.1, 0.15) is 0 Å². The van der Waals surface area contributed by atoms with Crippen LogP contribution in [0.2, 0.25) is 5.02 Å². The first-order valence-electron chi connectivity index (χ1n) is 10.4. The molecule has 0 radical (unpaired) electrons. The molecule has 3 aromatic carbocycles. The maximum Gasteiger partial charge on any atom is 0.254 e. The molecule has 0 bridgehead atoms. The van der Waals surface area contributed by atoms with Crippen LogP contribution in [0.25, 0.3) is 0 Å². The van der Waals surface area contributed by atoms with Gasteiger partial charge in [-0.1, -0.05) is 77.8 Å². The van der Waals surface area contributed by atoms with Crippen LogP contribution in [0.5, 0.6) is 0 Å². The van der Waals surface area contributed by atoms with Crippen LogP contribution in [0.4, 0.5) is 0 Å². The first kappa shape index (κ1) is 21.0. The van der Waals surface area contributed by atoms with Gasteiger partial charge in [0.2, 0.25) is 0 Å². The molecule has 0 aliphatic rings. The van der Waals surface area contributed by atoms with E-state index < -0.39 is 0 Å². The summed E-state index contributed by atoms with van der Waals surface area (Å²) in [6.45, 7) is 3.75. The zero-order valence-electron chi connectivity index (χ0n) is 17.5. The lowest BCUT2D eigenvalue weighted by Gasteiger charge is -2.24. The largest absolute Gasteiger partial charge is 0.345 e. The summed E-state index contributed by atoms with van der Waals surface area (Å²) in [6, 6.07) is 29.8. The summed E-state index contributed by atoms with van der Waals surface area (Å²) in [7, 11) is 0. The predicted molar refractivity (Wildman–Crippen MR) is 126 cm³/mol. The average Bonchev–Trinajstić information content (AvgIpc) is 3.22. The number of carbonyl (C=O) groups excluding carboxylic acids is 1. The average molecular weight is 429 g/mol. The number of nitrogens with zero attached hydrogens (tertiary/aromatic N) is 2. The van der Waals surface area contributed by atoms with Crippen molar-refractivity contribution in [1.82, 2.24) is 9.47 Å². The van der Waals surface area contributed by atoms with Crippen molar-refractivity contribution in [3.05, 3.63) is 130 Å². The molecule has 0 saturated heterocycles. The lowest BCUT2D eigenvalue weighted by Crippen LogP contribution is -2.31. The molecule has 0 fully saturated rings. The topological polar surface area (TPSA) is 25.2 Å². The van der Waals surface area contributed by atoms with Gasteiger partial charge in [0.05, 0.1) is 6.54 Å². The zero-order chi connectivity index (χ0) is 21.6. The van der Waals surface area contributed by atoms with E-state index in [1.54, 1.807) is 0 Å². The molecule has 4 rings (SSSR count). The van der Waals surface area contributed by atoms with E-state index in [0.29, 0.717) is 25.2 Å². The van der Waals surface area contributed by atoms with E-state index in [1.165, 1.54) is 0 Å². The lowest BCUT2D eigenvalue weighted by molar-refractivity contribution is 0.0726. The number of halogens is 1. The summed E-state index contributed by atoms with van der Waals surface area (Å²) in [4.78, 5) is 15.3. The summed E-state index contributed by atoms with van der Waals surface area (Å²) in [6.07, 6.45) is 2.04. The molecule has 1 amide bonds. The number of aryl methyl sites for hydroxylation is 1. The van der Waals surface area contributed by atoms with Crippen molar-refractivity contribution >= 4 is 17.5 Å². The fraction of sp³-hybridized carbons (Fsp3) is 0.148. The second-order valence-electron chi connectivity index (χ2n) is 7.73. The summed E-state index contributed by atoms with van der Waals surface area (Å²) >= 11 is 6.37. The van der Waals surface area contributed by atoms with Gasteiger partial charge in [0.15, 0.2) is 0 Å². The first-order valence-corrected chi connectivity index (χ1v) is 10.8. The Hall–Kier alpha value is -3.30. The van der Waals surface area contributed by atoms with Gasteiger partial charge in [0.25, 0.3) is 5.91 Å². The Morgan fingerprint density at radius 2 is 1.55 bits per heavy atom. The molecule has 3 nitrogen and oxygen atoms in total. The van der Waals surface area contributed by atoms with Crippen LogP contribution in [0, 0.1) is 6.92 Å². The maximum atomic E-state index is 13.4. The second kappa shape index (κ2) is 9.67. The molecule has 4 aromatic rings. The molecule has 1 heterocycles. The number of hydrogen-bond donors (Lipinski definition) is 0. The van der Waals surface area contributed by atoms with Gasteiger partial charge < -0.3 is 9.47 Å². The Bertz CT molecular complexity index is 1150. The number of amides is 1. The molecule has 0 unspecified atom stereocenters. The third kappa shape index (κ3) is 5.25. The van der Waals surface area contributed by atoms with Gasteiger partial charge in [-0.25, -0.2) is 0 Å². The molecular formula is C27H25ClN2O. The Morgan fingerprint density at radius 1 is 0.839 bits per heavy atom. The van der Waals surface area contributed by atoms with Crippen LogP contribution in [-0.4, -0.2) is 15.4 Å². The molecule has 0 atom stereocenters. The van der Waals surface area contributed by atoms with Crippen LogP contribution in [0.1, 0.15) is 32.7 Å². The zero-order valence-corrected chi connectivity index (χ0v) is 18.3. The monoisotopic (exact) mass is 428 g/mol. The fourth-order valence-corrected chi connectivity index (χ4v) is 3.83. The first-order chi connectivity index (χ1) is 15.1. The minimum Gasteiger partial charge on any atom is -0.345 e. The molecule has 1 aromatic heterocycles. The van der Waals surface area contributed by atoms with Gasteiger partial charge in [-0.2, -0.15) is 0 Å². The number of hydrogen-bond acceptors (Lipinski definition) is 1. The second-order valence-corrected chi connectivity index (χ2v) is 8.14. The Morgan fingerprint density at radius 3 is 2.29 bits per heavy atom. The van der Waals surface area contributed by atoms with Crippen molar-refractivity contribution in [2.45, 2.75) is 26.6 Å². The highest BCUT2D eigenvalue weighted by Crippen LogP contribution is 2.20. The minimum absolute atomic E-state index is 0.0225. The van der Waals surface area contributed by atoms with Crippen molar-refractivity contribution in [1.29, 1.82) is 0 Å². The van der Waals surface area contributed by atoms with E-state index in [0.717, 1.165) is 27.4 Å². The highest BCUT2D eigenvalue weighted by atomic mass is 35.5. The van der Waals surface area contributed by atoms with Crippen LogP contribution in [-0.2, 0) is 19.6 Å². The van der Waals surface area contributed by atoms with E-state index in [2.05, 4.69) is 22.8 Å². The molecule has 0 saturated carbocycles. The summed E-state index contributed by atoms with van der Waals surface area (Å²) in [5.74, 6) is 0.0225. The number of aromatic nitrogens is 1. The summed E-state index contributed by atoms with van der Waals surface area (Å²) in [5, 5.41) is 0.749. The summed E-state index contributed by atoms with van der Waals surface area (Å²) < 4.78 is 2.15. The van der Waals surface area contributed by atoms with Crippen LogP contribution in [0.3, 0.4) is 0 Å². The van der Waals surface area contributed by atoms with Crippen molar-refractivity contribution in [2.24, 2.45) is 0 Å². The van der Waals surface area contributed by atoms with Crippen LogP contribution >= 0.6 is 11.6 Å². The van der Waals surface area contributed by atoms with Crippen molar-refractivity contribution in [2.75, 3.05) is 0 Å². The van der Waals surface area contributed by atoms with Gasteiger partial charge in [-0.3, -0.25) is 4.79 Å². The number of benzene rings is 3. The van der Waals surface area contributed by atoms with Crippen molar-refractivity contribution in [3.8, 4) is 0 Å². The highest BCUT2D eigenvalue weighted by Gasteiger charge is 2.18. The molecule has 0 N–H and O–H groups in total. The predicted octanol–water partition coefficient (Wildman–Crippen LogP) is 6.34. The molecule has 0 aliphatic carbocycles. The number of carbonyl (C=O) groups is 1. The lowest BCUT2D eigenvalue weighted by atomic mass is 10.1. The Balaban J connectivity index is 1.61. The van der Waals surface area contributed by atoms with Gasteiger partial charge in [-0.05, 0) is 48.4 Å². The normalized spacial score (nSPS) is 10.8. The smallest absolute Gasteiger partial charge is 0.254 e. The maximum absolute atomic E-state index is 13.4. The van der Waals surface area contributed by atoms with Crippen molar-refractivity contribution < 1.29 is 4.79 Å². The highest BCUT2D eigenvalue weighted by molar-refractivity contribution is 6.31. The molecule has 4 heteroatoms. The Labute approximate surface area is 188 Å². The summed E-state index contributed by atoms with van der Waals surface area (Å²) in [5.41, 5.74) is 5.06. The SMILES string of the molecule is Cc1ccc(C(=O)N(Cc2ccccc2)Cc2cccn2Cc2ccccc2Cl)cc1. The van der Waals surface area contributed by atoms with E-state index >= 15 is 0 Å². The van der Waals surface area contributed by atoms with Gasteiger partial charge >= 0.3 is 0 Å². The molecular weight excluding hydrogens is 404 g/mol. The number of rotatable bonds is 7. The standard InChI is InChI=1S/C27H25ClN2O/c1-21-13-15-23(16-14-21)27(31)30(18-22-8-3-2-4-9-22)20-25-11-7-17-29(25)19-24-10-5-6-12-26(24)28/h2-17H,18-20H2,1H3. The van der Waals surface area contributed by atoms with Crippen molar-refractivity contribution in [3.63, 3.8) is 0 Å². The van der Waals surface area contributed by atoms with Gasteiger partial charge in [-0.15, -0.1) is 0 Å². The third-order valence-corrected chi connectivity index (χ3v) is 5.75. The quantitative estimate of drug-likeness (QED) is 0.337. The van der Waals surface area contributed by atoms with E-state index in [-0.39, 0.29) is 5.91 Å². The molecule has 156 valence electrons. The Kier molecular flexibility index (Phi) is 6.54. The molecule has 31 heavy (non-hydrogen) atoms.